The van der Waals surface area contributed by atoms with Gasteiger partial charge in [0.05, 0.1) is 13.2 Å². The van der Waals surface area contributed by atoms with Crippen molar-refractivity contribution in [1.82, 2.24) is 4.31 Å². The highest BCUT2D eigenvalue weighted by atomic mass is 32.3. The maximum Gasteiger partial charge on any atom is 0.302 e. The predicted molar refractivity (Wildman–Crippen MR) is 253 cm³/mol. The van der Waals surface area contributed by atoms with E-state index in [9.17, 15) is 35.6 Å². The number of nitrogens with zero attached hydrogens (tertiary/aromatic N) is 1. The van der Waals surface area contributed by atoms with E-state index in [1.165, 1.54) is 41.9 Å². The molecule has 0 amide bonds. The molecule has 8 rings (SSSR count). The largest absolute Gasteiger partial charge is 0.463 e. The van der Waals surface area contributed by atoms with Gasteiger partial charge in [0, 0.05) is 90.5 Å². The molecule has 18 heteroatoms. The molecule has 12 nitrogen and oxygen atoms in total. The molecule has 8 fully saturated rings. The van der Waals surface area contributed by atoms with Gasteiger partial charge >= 0.3 is 23.9 Å². The van der Waals surface area contributed by atoms with E-state index in [0.29, 0.717) is 53.5 Å². The normalized spacial score (nSPS) is 41.5. The minimum atomic E-state index is -5.14. The first kappa shape index (κ1) is 56.7. The van der Waals surface area contributed by atoms with Crippen LogP contribution in [0, 0.1) is 69.0 Å². The summed E-state index contributed by atoms with van der Waals surface area (Å²) in [6.07, 6.45) is 11.7. The smallest absolute Gasteiger partial charge is 0.302 e. The van der Waals surface area contributed by atoms with Gasteiger partial charge in [0.25, 0.3) is 17.3 Å². The molecule has 4 unspecified atom stereocenters. The van der Waals surface area contributed by atoms with E-state index in [4.69, 9.17) is 18.9 Å². The lowest BCUT2D eigenvalue weighted by Gasteiger charge is -2.62. The number of Topliss-reactive ketones (excluding diaryl/α,β-unsaturated/α-hetero) is 1. The van der Waals surface area contributed by atoms with Crippen LogP contribution in [0.3, 0.4) is 0 Å². The first-order valence-electron chi connectivity index (χ1n) is 25.9. The highest BCUT2D eigenvalue weighted by Gasteiger charge is 2.68. The number of hydrogen-bond donors (Lipinski definition) is 0. The quantitative estimate of drug-likeness (QED) is 0.110. The monoisotopic (exact) mass is 1020 g/mol. The van der Waals surface area contributed by atoms with Crippen molar-refractivity contribution in [2.75, 3.05) is 40.5 Å². The Morgan fingerprint density at radius 2 is 0.986 bits per heavy atom. The zero-order chi connectivity index (χ0) is 51.8. The summed E-state index contributed by atoms with van der Waals surface area (Å²) < 4.78 is 99.6. The second-order valence-electron chi connectivity index (χ2n) is 23.3. The Balaban J connectivity index is 0.000000185. The first-order valence-corrected chi connectivity index (χ1v) is 27.2. The number of esters is 4. The number of hydrogen-bond acceptors (Lipinski definition) is 12. The van der Waals surface area contributed by atoms with Gasteiger partial charge in [-0.2, -0.15) is 4.31 Å². The summed E-state index contributed by atoms with van der Waals surface area (Å²) in [5.41, 5.74) is -0.603. The summed E-state index contributed by atoms with van der Waals surface area (Å²) >= 11 is -5.14. The first-order chi connectivity index (χ1) is 32.6. The second kappa shape index (κ2) is 22.1. The Morgan fingerprint density at radius 1 is 0.571 bits per heavy atom. The maximum absolute atomic E-state index is 15.5. The van der Waals surface area contributed by atoms with Gasteiger partial charge in [0.2, 0.25) is 0 Å². The second-order valence-corrected chi connectivity index (χ2v) is 24.5. The van der Waals surface area contributed by atoms with E-state index in [2.05, 4.69) is 37.2 Å². The van der Waals surface area contributed by atoms with Gasteiger partial charge < -0.3 is 28.4 Å². The van der Waals surface area contributed by atoms with E-state index < -0.39 is 28.6 Å². The molecule has 0 bridgehead atoms. The topological polar surface area (TPSA) is 144 Å². The van der Waals surface area contributed by atoms with Gasteiger partial charge in [-0.3, -0.25) is 24.0 Å². The molecule has 0 aliphatic heterocycles. The van der Waals surface area contributed by atoms with Crippen LogP contribution in [0.15, 0.2) is 0 Å². The van der Waals surface area contributed by atoms with Crippen molar-refractivity contribution in [2.24, 2.45) is 69.0 Å². The fourth-order valence-corrected chi connectivity index (χ4v) is 16.9. The van der Waals surface area contributed by atoms with Crippen LogP contribution in [-0.4, -0.2) is 105 Å². The zero-order valence-electron chi connectivity index (χ0n) is 43.3. The summed E-state index contributed by atoms with van der Waals surface area (Å²) in [4.78, 5) is 59.2. The van der Waals surface area contributed by atoms with Crippen LogP contribution in [-0.2, 0) is 52.4 Å². The summed E-state index contributed by atoms with van der Waals surface area (Å²) in [7, 11) is 2.75. The summed E-state index contributed by atoms with van der Waals surface area (Å²) in [5, 5.41) is 0. The van der Waals surface area contributed by atoms with E-state index in [1.54, 1.807) is 0 Å². The Labute approximate surface area is 414 Å². The van der Waals surface area contributed by atoms with Gasteiger partial charge in [0.15, 0.2) is 0 Å². The summed E-state index contributed by atoms with van der Waals surface area (Å²) in [6.45, 7) is 14.5. The Kier molecular flexibility index (Phi) is 17.9. The molecule has 8 saturated carbocycles. The Bertz CT molecular complexity index is 1880. The highest BCUT2D eigenvalue weighted by molar-refractivity contribution is 8.18. The average molecular weight is 1020 g/mol. The molecule has 0 spiro atoms. The number of ether oxygens (including phenoxy) is 6. The van der Waals surface area contributed by atoms with Crippen molar-refractivity contribution in [2.45, 2.75) is 188 Å². The van der Waals surface area contributed by atoms with E-state index in [0.717, 1.165) is 64.2 Å². The van der Waals surface area contributed by atoms with Crippen molar-refractivity contribution >= 4 is 41.0 Å². The average Bonchev–Trinajstić information content (AvgIpc) is 3.76. The lowest BCUT2D eigenvalue weighted by Crippen LogP contribution is -2.61. The van der Waals surface area contributed by atoms with Crippen LogP contribution in [0.5, 0.6) is 0 Å². The summed E-state index contributed by atoms with van der Waals surface area (Å²) in [6, 6.07) is 0. The minimum absolute atomic E-state index is 0.00344. The number of carbonyl (C=O) groups is 5. The number of alkyl halides is 2. The van der Waals surface area contributed by atoms with Crippen molar-refractivity contribution in [3.63, 3.8) is 0 Å². The minimum Gasteiger partial charge on any atom is -0.463 e. The molecule has 0 aromatic heterocycles. The Morgan fingerprint density at radius 3 is 1.44 bits per heavy atom. The molecule has 0 aromatic carbocycles. The number of methoxy groups -OCH3 is 2. The standard InChI is InChI=1S/C23H34F2O4.C23H34O5.C6H14F3NO2S/c1-13(26)28-15-7-9-21(3)18-8-10-22(4)17(5-6-20(22)29-14(2)27)16(18)12-23(24,25)19(21)11-15;1-13(24)27-15-7-9-22(3)18-8-10-23(4)17(5-6-21(23)28-14(2)25)16(18)12-20(26)19(22)11-15;1-11-5-3-10(4-6-12-2)13(7,8)9/h15-20H,5-12H2,1-4H3;15-19,21H,5-12H2,1-4H3;3-6H2,1-2H3/t15-,16+,17?,18?,19+,20+,21-,22+;15-,16+,17?,18?,19-,21+,22-,23+;/m11./s1. The summed E-state index contributed by atoms with van der Waals surface area (Å²) in [5.74, 6) is -2.38. The molecule has 0 saturated heterocycles. The molecule has 8 aliphatic carbocycles. The molecule has 0 heterocycles. The van der Waals surface area contributed by atoms with Gasteiger partial charge in [0.1, 0.15) is 30.2 Å². The lowest BCUT2D eigenvalue weighted by molar-refractivity contribution is -0.239. The van der Waals surface area contributed by atoms with E-state index in [1.807, 2.05) is 0 Å². The van der Waals surface area contributed by atoms with Crippen LogP contribution in [0.4, 0.5) is 20.4 Å². The molecular formula is C52H82F5NO11S. The third-order valence-corrected chi connectivity index (χ3v) is 20.5. The molecular weight excluding hydrogens is 942 g/mol. The predicted octanol–water partition coefficient (Wildman–Crippen LogP) is 11.2. The van der Waals surface area contributed by atoms with Gasteiger partial charge in [-0.25, -0.2) is 8.78 Å². The molecule has 0 N–H and O–H groups in total. The fourth-order valence-electron chi connectivity index (χ4n) is 16.3. The zero-order valence-corrected chi connectivity index (χ0v) is 44.1. The molecule has 0 radical (unpaired) electrons. The number of ketones is 1. The van der Waals surface area contributed by atoms with Crippen molar-refractivity contribution in [3.8, 4) is 0 Å². The van der Waals surface area contributed by atoms with Crippen LogP contribution < -0.4 is 0 Å². The van der Waals surface area contributed by atoms with Crippen LogP contribution in [0.1, 0.15) is 158 Å². The highest BCUT2D eigenvalue weighted by Crippen LogP contribution is 2.70. The van der Waals surface area contributed by atoms with Gasteiger partial charge in [-0.05, 0) is 136 Å². The molecule has 8 aliphatic rings. The number of halogens is 5. The third kappa shape index (κ3) is 11.7. The molecule has 402 valence electrons. The molecule has 70 heavy (non-hydrogen) atoms. The van der Waals surface area contributed by atoms with E-state index >= 15 is 8.78 Å². The van der Waals surface area contributed by atoms with Crippen molar-refractivity contribution in [3.05, 3.63) is 0 Å². The lowest BCUT2D eigenvalue weighted by atomic mass is 9.44. The number of rotatable bonds is 11. The molecule has 0 aromatic rings. The number of fused-ring (bicyclic) bond motifs is 10. The van der Waals surface area contributed by atoms with Crippen LogP contribution in [0.25, 0.3) is 0 Å². The SMILES string of the molecule is CC(=O)O[C@@H]1CC[C@]2(C)C3CC[C@@]4(C)C(CC[C@@H]4OC(C)=O)[C@@H]3CC(=O)[C@H]2C1.CC(=O)O[C@@H]1CC[C@]2(C)C3CC[C@@]4(C)C(CC[C@@H]4OC(C)=O)[C@@H]3CC(F)(F)[C@H]2C1.COCCN(CCOC)S(F)(F)F. The number of carbonyl (C=O) groups excluding carboxylic acids is 5. The van der Waals surface area contributed by atoms with Crippen molar-refractivity contribution in [1.29, 1.82) is 0 Å². The third-order valence-electron chi connectivity index (χ3n) is 19.5. The Hall–Kier alpha value is -2.57. The van der Waals surface area contributed by atoms with Crippen molar-refractivity contribution < 1.29 is 72.8 Å². The van der Waals surface area contributed by atoms with E-state index in [-0.39, 0.29) is 127 Å². The maximum atomic E-state index is 15.5. The van der Waals surface area contributed by atoms with Gasteiger partial charge in [-0.1, -0.05) is 27.7 Å². The van der Waals surface area contributed by atoms with Crippen LogP contribution >= 0.6 is 11.4 Å². The molecule has 16 atom stereocenters. The van der Waals surface area contributed by atoms with Gasteiger partial charge in [-0.15, -0.1) is 11.7 Å². The fraction of sp³-hybridized carbons (Fsp3) is 0.904. The van der Waals surface area contributed by atoms with Crippen LogP contribution in [0.2, 0.25) is 0 Å².